The Morgan fingerprint density at radius 1 is 1.16 bits per heavy atom. The molecule has 1 unspecified atom stereocenters. The van der Waals surface area contributed by atoms with Crippen LogP contribution in [0.15, 0.2) is 60.8 Å². The second-order valence-corrected chi connectivity index (χ2v) is 7.49. The SMILES string of the molecule is CC(CC(=O)Nc1ncc(Cc2ccccc2Cl)s1)c1ccccc1. The van der Waals surface area contributed by atoms with E-state index in [1.54, 1.807) is 6.20 Å². The quantitative estimate of drug-likeness (QED) is 0.620. The molecular formula is C20H19ClN2OS. The van der Waals surface area contributed by atoms with Crippen molar-refractivity contribution in [3.63, 3.8) is 0 Å². The van der Waals surface area contributed by atoms with Crippen LogP contribution in [0, 0.1) is 0 Å². The highest BCUT2D eigenvalue weighted by Crippen LogP contribution is 2.25. The molecule has 0 aliphatic rings. The summed E-state index contributed by atoms with van der Waals surface area (Å²) in [6.07, 6.45) is 2.95. The second kappa shape index (κ2) is 8.28. The van der Waals surface area contributed by atoms with Crippen LogP contribution in [0.5, 0.6) is 0 Å². The van der Waals surface area contributed by atoms with Gasteiger partial charge in [0.1, 0.15) is 0 Å². The molecule has 1 aromatic heterocycles. The van der Waals surface area contributed by atoms with Crippen LogP contribution in [0.25, 0.3) is 0 Å². The van der Waals surface area contributed by atoms with Crippen LogP contribution in [0.3, 0.4) is 0 Å². The fraction of sp³-hybridized carbons (Fsp3) is 0.200. The molecule has 0 bridgehead atoms. The van der Waals surface area contributed by atoms with Crippen molar-refractivity contribution in [1.29, 1.82) is 0 Å². The summed E-state index contributed by atoms with van der Waals surface area (Å²) in [6, 6.07) is 17.8. The first-order valence-electron chi connectivity index (χ1n) is 8.14. The average molecular weight is 371 g/mol. The first kappa shape index (κ1) is 17.6. The van der Waals surface area contributed by atoms with Gasteiger partial charge in [0, 0.05) is 28.9 Å². The van der Waals surface area contributed by atoms with Crippen LogP contribution in [0.4, 0.5) is 5.13 Å². The molecule has 0 aliphatic carbocycles. The summed E-state index contributed by atoms with van der Waals surface area (Å²) in [6.45, 7) is 2.06. The number of hydrogen-bond acceptors (Lipinski definition) is 3. The third kappa shape index (κ3) is 4.91. The maximum Gasteiger partial charge on any atom is 0.226 e. The minimum absolute atomic E-state index is 0.0185. The molecule has 0 saturated heterocycles. The third-order valence-electron chi connectivity index (χ3n) is 3.98. The number of benzene rings is 2. The zero-order valence-electron chi connectivity index (χ0n) is 13.9. The Kier molecular flexibility index (Phi) is 5.84. The molecule has 0 spiro atoms. The smallest absolute Gasteiger partial charge is 0.226 e. The lowest BCUT2D eigenvalue weighted by Crippen LogP contribution is -2.14. The molecule has 1 atom stereocenters. The summed E-state index contributed by atoms with van der Waals surface area (Å²) in [5, 5.41) is 4.28. The van der Waals surface area contributed by atoms with Gasteiger partial charge in [0.05, 0.1) is 0 Å². The van der Waals surface area contributed by atoms with Crippen LogP contribution < -0.4 is 5.32 Å². The summed E-state index contributed by atoms with van der Waals surface area (Å²) in [5.74, 6) is 0.152. The van der Waals surface area contributed by atoms with Crippen LogP contribution in [-0.4, -0.2) is 10.9 Å². The Hall–Kier alpha value is -2.17. The van der Waals surface area contributed by atoms with Gasteiger partial charge in [-0.15, -0.1) is 11.3 Å². The van der Waals surface area contributed by atoms with Crippen molar-refractivity contribution >= 4 is 34.0 Å². The van der Waals surface area contributed by atoms with Gasteiger partial charge in [0.25, 0.3) is 0 Å². The molecule has 1 amide bonds. The van der Waals surface area contributed by atoms with Crippen LogP contribution >= 0.6 is 22.9 Å². The zero-order valence-corrected chi connectivity index (χ0v) is 15.5. The summed E-state index contributed by atoms with van der Waals surface area (Å²) in [4.78, 5) is 17.6. The van der Waals surface area contributed by atoms with Gasteiger partial charge in [-0.25, -0.2) is 4.98 Å². The largest absolute Gasteiger partial charge is 0.302 e. The molecule has 3 aromatic rings. The van der Waals surface area contributed by atoms with Gasteiger partial charge in [-0.05, 0) is 23.1 Å². The second-order valence-electron chi connectivity index (χ2n) is 5.96. The number of anilines is 1. The van der Waals surface area contributed by atoms with E-state index < -0.39 is 0 Å². The highest BCUT2D eigenvalue weighted by atomic mass is 35.5. The Morgan fingerprint density at radius 3 is 2.64 bits per heavy atom. The number of rotatable bonds is 6. The number of hydrogen-bond donors (Lipinski definition) is 1. The summed E-state index contributed by atoms with van der Waals surface area (Å²) in [5.41, 5.74) is 2.22. The van der Waals surface area contributed by atoms with Gasteiger partial charge in [-0.3, -0.25) is 4.79 Å². The first-order valence-corrected chi connectivity index (χ1v) is 9.34. The van der Waals surface area contributed by atoms with Crippen molar-refractivity contribution in [3.05, 3.63) is 81.8 Å². The van der Waals surface area contributed by atoms with Gasteiger partial charge in [0.2, 0.25) is 5.91 Å². The number of carbonyl (C=O) groups excluding carboxylic acids is 1. The number of aromatic nitrogens is 1. The van der Waals surface area contributed by atoms with Crippen molar-refractivity contribution < 1.29 is 4.79 Å². The fourth-order valence-electron chi connectivity index (χ4n) is 2.62. The molecule has 1 N–H and O–H groups in total. The number of nitrogens with one attached hydrogen (secondary N) is 1. The van der Waals surface area contributed by atoms with Gasteiger partial charge in [-0.1, -0.05) is 67.1 Å². The Morgan fingerprint density at radius 2 is 1.88 bits per heavy atom. The monoisotopic (exact) mass is 370 g/mol. The normalized spacial score (nSPS) is 11.9. The van der Waals surface area contributed by atoms with Crippen molar-refractivity contribution in [1.82, 2.24) is 4.98 Å². The molecule has 0 radical (unpaired) electrons. The lowest BCUT2D eigenvalue weighted by molar-refractivity contribution is -0.116. The van der Waals surface area contributed by atoms with E-state index in [0.717, 1.165) is 21.0 Å². The number of halogens is 1. The Balaban J connectivity index is 1.58. The molecule has 128 valence electrons. The molecule has 3 rings (SSSR count). The summed E-state index contributed by atoms with van der Waals surface area (Å²) >= 11 is 7.68. The summed E-state index contributed by atoms with van der Waals surface area (Å²) in [7, 11) is 0. The van der Waals surface area contributed by atoms with Crippen molar-refractivity contribution in [3.8, 4) is 0 Å². The third-order valence-corrected chi connectivity index (χ3v) is 5.26. The van der Waals surface area contributed by atoms with Gasteiger partial charge in [-0.2, -0.15) is 0 Å². The van der Waals surface area contributed by atoms with E-state index in [2.05, 4.69) is 17.2 Å². The fourth-order valence-corrected chi connectivity index (χ4v) is 3.68. The van der Waals surface area contributed by atoms with E-state index in [-0.39, 0.29) is 11.8 Å². The zero-order chi connectivity index (χ0) is 17.6. The first-order chi connectivity index (χ1) is 12.1. The van der Waals surface area contributed by atoms with Gasteiger partial charge >= 0.3 is 0 Å². The molecule has 1 heterocycles. The van der Waals surface area contributed by atoms with E-state index in [4.69, 9.17) is 11.6 Å². The van der Waals surface area contributed by atoms with E-state index in [0.29, 0.717) is 18.0 Å². The van der Waals surface area contributed by atoms with Crippen molar-refractivity contribution in [2.45, 2.75) is 25.7 Å². The van der Waals surface area contributed by atoms with Gasteiger partial charge < -0.3 is 5.32 Å². The number of nitrogens with zero attached hydrogens (tertiary/aromatic N) is 1. The molecule has 0 saturated carbocycles. The van der Waals surface area contributed by atoms with Crippen LogP contribution in [-0.2, 0) is 11.2 Å². The van der Waals surface area contributed by atoms with Crippen molar-refractivity contribution in [2.75, 3.05) is 5.32 Å². The maximum atomic E-state index is 12.3. The molecule has 5 heteroatoms. The predicted molar refractivity (Wildman–Crippen MR) is 104 cm³/mol. The molecule has 3 nitrogen and oxygen atoms in total. The summed E-state index contributed by atoms with van der Waals surface area (Å²) < 4.78 is 0. The van der Waals surface area contributed by atoms with Crippen LogP contribution in [0.1, 0.15) is 35.3 Å². The molecule has 25 heavy (non-hydrogen) atoms. The Bertz CT molecular complexity index is 848. The highest BCUT2D eigenvalue weighted by Gasteiger charge is 2.13. The number of carbonyl (C=O) groups is 1. The highest BCUT2D eigenvalue weighted by molar-refractivity contribution is 7.15. The number of thiazole rings is 1. The van der Waals surface area contributed by atoms with E-state index in [9.17, 15) is 4.79 Å². The minimum atomic E-state index is -0.0185. The lowest BCUT2D eigenvalue weighted by atomic mass is 9.98. The molecule has 0 fully saturated rings. The predicted octanol–water partition coefficient (Wildman–Crippen LogP) is 5.52. The van der Waals surface area contributed by atoms with Crippen LogP contribution in [0.2, 0.25) is 5.02 Å². The van der Waals surface area contributed by atoms with Crippen molar-refractivity contribution in [2.24, 2.45) is 0 Å². The Labute approximate surface area is 156 Å². The van der Waals surface area contributed by atoms with Gasteiger partial charge in [0.15, 0.2) is 5.13 Å². The molecule has 2 aromatic carbocycles. The lowest BCUT2D eigenvalue weighted by Gasteiger charge is -2.10. The van der Waals surface area contributed by atoms with E-state index in [1.165, 1.54) is 11.3 Å². The topological polar surface area (TPSA) is 42.0 Å². The molecule has 0 aliphatic heterocycles. The molecular weight excluding hydrogens is 352 g/mol. The standard InChI is InChI=1S/C20H19ClN2OS/c1-14(15-7-3-2-4-8-15)11-19(24)23-20-22-13-17(25-20)12-16-9-5-6-10-18(16)21/h2-10,13-14H,11-12H2,1H3,(H,22,23,24). The minimum Gasteiger partial charge on any atom is -0.302 e. The van der Waals surface area contributed by atoms with E-state index in [1.807, 2.05) is 54.6 Å². The average Bonchev–Trinajstić information content (AvgIpc) is 3.04. The number of amides is 1. The van der Waals surface area contributed by atoms with E-state index >= 15 is 0 Å². The maximum absolute atomic E-state index is 12.3.